The molecule has 0 saturated carbocycles. The average molecular weight is 252 g/mol. The van der Waals surface area contributed by atoms with E-state index in [9.17, 15) is 4.79 Å². The molecule has 0 aromatic carbocycles. The molecule has 0 spiro atoms. The van der Waals surface area contributed by atoms with Gasteiger partial charge in [-0.3, -0.25) is 0 Å². The average Bonchev–Trinajstić information content (AvgIpc) is 2.68. The largest absolute Gasteiger partial charge is 0.466 e. The molecule has 1 rings (SSSR count). The molecule has 0 amide bonds. The minimum Gasteiger partial charge on any atom is -0.466 e. The molecule has 0 atom stereocenters. The lowest BCUT2D eigenvalue weighted by molar-refractivity contribution is -0.136. The maximum Gasteiger partial charge on any atom is 0.333 e. The number of oxazole rings is 1. The van der Waals surface area contributed by atoms with Crippen LogP contribution in [0.5, 0.6) is 0 Å². The molecule has 0 saturated heterocycles. The first kappa shape index (κ1) is 14.4. The van der Waals surface area contributed by atoms with Crippen LogP contribution >= 0.6 is 0 Å². The SMILES string of the molecule is CCC(=CCNCc1nc(C)c(C)o1)C(=O)OC. The summed E-state index contributed by atoms with van der Waals surface area (Å²) in [6, 6.07) is 0. The monoisotopic (exact) mass is 252 g/mol. The molecule has 0 radical (unpaired) electrons. The second kappa shape index (κ2) is 6.96. The molecule has 0 fully saturated rings. The van der Waals surface area contributed by atoms with Crippen molar-refractivity contribution in [2.24, 2.45) is 0 Å². The zero-order valence-corrected chi connectivity index (χ0v) is 11.4. The summed E-state index contributed by atoms with van der Waals surface area (Å²) >= 11 is 0. The number of carbonyl (C=O) groups excluding carboxylic acids is 1. The van der Waals surface area contributed by atoms with Crippen molar-refractivity contribution < 1.29 is 13.9 Å². The predicted octanol–water partition coefficient (Wildman–Crippen LogP) is 1.89. The van der Waals surface area contributed by atoms with Crippen molar-refractivity contribution in [3.05, 3.63) is 29.0 Å². The van der Waals surface area contributed by atoms with E-state index in [0.717, 1.165) is 11.5 Å². The molecule has 5 heteroatoms. The molecule has 0 aliphatic carbocycles. The molecule has 0 bridgehead atoms. The quantitative estimate of drug-likeness (QED) is 0.476. The first-order valence-corrected chi connectivity index (χ1v) is 5.99. The Hall–Kier alpha value is -1.62. The summed E-state index contributed by atoms with van der Waals surface area (Å²) < 4.78 is 10.1. The number of aromatic nitrogens is 1. The number of esters is 1. The Balaban J connectivity index is 2.42. The molecule has 1 heterocycles. The number of carbonyl (C=O) groups is 1. The number of methoxy groups -OCH3 is 1. The van der Waals surface area contributed by atoms with Gasteiger partial charge in [-0.2, -0.15) is 0 Å². The van der Waals surface area contributed by atoms with Crippen molar-refractivity contribution >= 4 is 5.97 Å². The summed E-state index contributed by atoms with van der Waals surface area (Å²) in [5, 5.41) is 3.15. The number of rotatable bonds is 6. The number of hydrogen-bond acceptors (Lipinski definition) is 5. The van der Waals surface area contributed by atoms with Crippen molar-refractivity contribution in [1.82, 2.24) is 10.3 Å². The van der Waals surface area contributed by atoms with Crippen LogP contribution < -0.4 is 5.32 Å². The van der Waals surface area contributed by atoms with Gasteiger partial charge in [0.25, 0.3) is 0 Å². The van der Waals surface area contributed by atoms with Crippen LogP contribution in [0.15, 0.2) is 16.1 Å². The van der Waals surface area contributed by atoms with Crippen LogP contribution in [0, 0.1) is 13.8 Å². The van der Waals surface area contributed by atoms with Crippen LogP contribution in [0.3, 0.4) is 0 Å². The van der Waals surface area contributed by atoms with E-state index in [2.05, 4.69) is 15.0 Å². The summed E-state index contributed by atoms with van der Waals surface area (Å²) in [5.74, 6) is 1.22. The highest BCUT2D eigenvalue weighted by Gasteiger charge is 2.06. The van der Waals surface area contributed by atoms with Gasteiger partial charge in [0, 0.05) is 12.1 Å². The minimum atomic E-state index is -0.276. The Morgan fingerprint density at radius 3 is 2.72 bits per heavy atom. The molecular weight excluding hydrogens is 232 g/mol. The molecule has 0 aliphatic rings. The lowest BCUT2D eigenvalue weighted by Crippen LogP contribution is -2.15. The van der Waals surface area contributed by atoms with Gasteiger partial charge in [0.2, 0.25) is 5.89 Å². The van der Waals surface area contributed by atoms with Crippen molar-refractivity contribution in [3.63, 3.8) is 0 Å². The number of aryl methyl sites for hydroxylation is 2. The third-order valence-corrected chi connectivity index (χ3v) is 2.67. The summed E-state index contributed by atoms with van der Waals surface area (Å²) in [4.78, 5) is 15.6. The molecule has 0 aliphatic heterocycles. The minimum absolute atomic E-state index is 0.276. The Morgan fingerprint density at radius 2 is 2.22 bits per heavy atom. The first-order valence-electron chi connectivity index (χ1n) is 5.99. The molecule has 0 unspecified atom stereocenters. The second-order valence-electron chi connectivity index (χ2n) is 3.95. The predicted molar refractivity (Wildman–Crippen MR) is 68.1 cm³/mol. The van der Waals surface area contributed by atoms with Crippen molar-refractivity contribution in [2.45, 2.75) is 33.7 Å². The van der Waals surface area contributed by atoms with Crippen molar-refractivity contribution in [3.8, 4) is 0 Å². The van der Waals surface area contributed by atoms with Crippen molar-refractivity contribution in [1.29, 1.82) is 0 Å². The standard InChI is InChI=1S/C13H20N2O3/c1-5-11(13(16)17-4)6-7-14-8-12-15-9(2)10(3)18-12/h6,14H,5,7-8H2,1-4H3. The fourth-order valence-electron chi connectivity index (χ4n) is 1.49. The van der Waals surface area contributed by atoms with Crippen LogP contribution in [-0.4, -0.2) is 24.6 Å². The van der Waals surface area contributed by atoms with E-state index in [1.165, 1.54) is 7.11 Å². The van der Waals surface area contributed by atoms with Gasteiger partial charge in [0.05, 0.1) is 19.3 Å². The van der Waals surface area contributed by atoms with E-state index in [-0.39, 0.29) is 5.97 Å². The highest BCUT2D eigenvalue weighted by molar-refractivity contribution is 5.88. The zero-order chi connectivity index (χ0) is 13.5. The fraction of sp³-hybridized carbons (Fsp3) is 0.538. The molecule has 1 N–H and O–H groups in total. The van der Waals surface area contributed by atoms with E-state index in [4.69, 9.17) is 4.42 Å². The summed E-state index contributed by atoms with van der Waals surface area (Å²) in [5.41, 5.74) is 1.58. The van der Waals surface area contributed by atoms with Gasteiger partial charge in [-0.1, -0.05) is 13.0 Å². The number of hydrogen-bond donors (Lipinski definition) is 1. The number of ether oxygens (including phenoxy) is 1. The lowest BCUT2D eigenvalue weighted by Gasteiger charge is -2.02. The van der Waals surface area contributed by atoms with E-state index < -0.39 is 0 Å². The van der Waals surface area contributed by atoms with Crippen LogP contribution in [0.1, 0.15) is 30.7 Å². The molecular formula is C13H20N2O3. The Kier molecular flexibility index (Phi) is 5.58. The highest BCUT2D eigenvalue weighted by atomic mass is 16.5. The normalized spacial score (nSPS) is 11.7. The van der Waals surface area contributed by atoms with E-state index in [1.54, 1.807) is 0 Å². The maximum atomic E-state index is 11.3. The Bertz CT molecular complexity index is 416. The first-order chi connectivity index (χ1) is 8.58. The smallest absolute Gasteiger partial charge is 0.333 e. The van der Waals surface area contributed by atoms with E-state index in [1.807, 2.05) is 26.8 Å². The third kappa shape index (κ3) is 4.00. The fourth-order valence-corrected chi connectivity index (χ4v) is 1.49. The van der Waals surface area contributed by atoms with Crippen LogP contribution in [0.2, 0.25) is 0 Å². The van der Waals surface area contributed by atoms with Gasteiger partial charge in [0.1, 0.15) is 5.76 Å². The molecule has 1 aromatic heterocycles. The van der Waals surface area contributed by atoms with E-state index in [0.29, 0.717) is 31.0 Å². The van der Waals surface area contributed by atoms with Gasteiger partial charge >= 0.3 is 5.97 Å². The second-order valence-corrected chi connectivity index (χ2v) is 3.95. The van der Waals surface area contributed by atoms with Gasteiger partial charge in [-0.05, 0) is 20.3 Å². The molecule has 5 nitrogen and oxygen atoms in total. The number of nitrogens with zero attached hydrogens (tertiary/aromatic N) is 1. The van der Waals surface area contributed by atoms with Gasteiger partial charge in [-0.25, -0.2) is 9.78 Å². The molecule has 1 aromatic rings. The lowest BCUT2D eigenvalue weighted by atomic mass is 10.2. The third-order valence-electron chi connectivity index (χ3n) is 2.67. The Labute approximate surface area is 107 Å². The van der Waals surface area contributed by atoms with Gasteiger partial charge in [0.15, 0.2) is 0 Å². The summed E-state index contributed by atoms with van der Waals surface area (Å²) in [7, 11) is 1.39. The Morgan fingerprint density at radius 1 is 1.50 bits per heavy atom. The number of nitrogens with one attached hydrogen (secondary N) is 1. The van der Waals surface area contributed by atoms with E-state index >= 15 is 0 Å². The molecule has 18 heavy (non-hydrogen) atoms. The van der Waals surface area contributed by atoms with Crippen LogP contribution in [0.4, 0.5) is 0 Å². The summed E-state index contributed by atoms with van der Waals surface area (Å²) in [6.45, 7) is 6.85. The maximum absolute atomic E-state index is 11.3. The van der Waals surface area contributed by atoms with Gasteiger partial charge in [-0.15, -0.1) is 0 Å². The molecule has 100 valence electrons. The van der Waals surface area contributed by atoms with Gasteiger partial charge < -0.3 is 14.5 Å². The zero-order valence-electron chi connectivity index (χ0n) is 11.4. The highest BCUT2D eigenvalue weighted by Crippen LogP contribution is 2.07. The van der Waals surface area contributed by atoms with Crippen molar-refractivity contribution in [2.75, 3.05) is 13.7 Å². The van der Waals surface area contributed by atoms with Crippen LogP contribution in [0.25, 0.3) is 0 Å². The summed E-state index contributed by atoms with van der Waals surface area (Å²) in [6.07, 6.45) is 2.49. The topological polar surface area (TPSA) is 64.4 Å². The van der Waals surface area contributed by atoms with Crippen LogP contribution in [-0.2, 0) is 16.1 Å².